The molecule has 0 unspecified atom stereocenters. The second kappa shape index (κ2) is 10.8. The van der Waals surface area contributed by atoms with Gasteiger partial charge in [-0.05, 0) is 24.5 Å². The van der Waals surface area contributed by atoms with Gasteiger partial charge in [0.1, 0.15) is 5.69 Å². The van der Waals surface area contributed by atoms with Crippen LogP contribution >= 0.6 is 0 Å². The summed E-state index contributed by atoms with van der Waals surface area (Å²) in [6, 6.07) is 11.7. The van der Waals surface area contributed by atoms with E-state index in [1.54, 1.807) is 25.1 Å². The molecule has 0 saturated heterocycles. The van der Waals surface area contributed by atoms with Crippen LogP contribution in [0, 0.1) is 17.0 Å². The minimum Gasteiger partial charge on any atom is -0.456 e. The van der Waals surface area contributed by atoms with Gasteiger partial charge in [0.15, 0.2) is 12.4 Å². The zero-order chi connectivity index (χ0) is 22.1. The van der Waals surface area contributed by atoms with Crippen molar-refractivity contribution in [3.63, 3.8) is 0 Å². The Kier molecular flexibility index (Phi) is 8.22. The lowest BCUT2D eigenvalue weighted by Gasteiger charge is -2.09. The van der Waals surface area contributed by atoms with Crippen molar-refractivity contribution in [1.29, 1.82) is 0 Å². The van der Waals surface area contributed by atoms with Gasteiger partial charge in [0.25, 0.3) is 11.6 Å². The van der Waals surface area contributed by atoms with Crippen LogP contribution in [-0.4, -0.2) is 29.2 Å². The zero-order valence-electron chi connectivity index (χ0n) is 17.0. The molecular weight excluding hydrogens is 388 g/mol. The number of hydrogen-bond donors (Lipinski definition) is 1. The number of rotatable bonds is 10. The van der Waals surface area contributed by atoms with E-state index in [4.69, 9.17) is 4.74 Å². The second-order valence-electron chi connectivity index (χ2n) is 6.81. The Bertz CT molecular complexity index is 937. The number of ether oxygens (including phenoxy) is 1. The molecule has 0 aliphatic heterocycles. The Morgan fingerprint density at radius 3 is 2.40 bits per heavy atom. The van der Waals surface area contributed by atoms with E-state index in [-0.39, 0.29) is 30.0 Å². The van der Waals surface area contributed by atoms with Crippen LogP contribution in [0.25, 0.3) is 0 Å². The number of esters is 1. The molecule has 2 aromatic rings. The van der Waals surface area contributed by atoms with E-state index >= 15 is 0 Å². The van der Waals surface area contributed by atoms with Crippen LogP contribution in [0.2, 0.25) is 0 Å². The van der Waals surface area contributed by atoms with Gasteiger partial charge in [-0.2, -0.15) is 0 Å². The predicted molar refractivity (Wildman–Crippen MR) is 111 cm³/mol. The van der Waals surface area contributed by atoms with Crippen molar-refractivity contribution in [3.05, 3.63) is 69.3 Å². The van der Waals surface area contributed by atoms with Gasteiger partial charge in [0.2, 0.25) is 0 Å². The van der Waals surface area contributed by atoms with Crippen LogP contribution < -0.4 is 5.32 Å². The minimum atomic E-state index is -0.696. The average molecular weight is 412 g/mol. The molecule has 0 saturated carbocycles. The van der Waals surface area contributed by atoms with Crippen LogP contribution in [0.3, 0.4) is 0 Å². The number of benzene rings is 2. The summed E-state index contributed by atoms with van der Waals surface area (Å²) in [7, 11) is 0. The quantitative estimate of drug-likeness (QED) is 0.273. The number of carbonyl (C=O) groups is 3. The Morgan fingerprint density at radius 1 is 1.07 bits per heavy atom. The van der Waals surface area contributed by atoms with Crippen LogP contribution in [-0.2, 0) is 20.7 Å². The monoisotopic (exact) mass is 412 g/mol. The van der Waals surface area contributed by atoms with Crippen LogP contribution in [0.5, 0.6) is 0 Å². The van der Waals surface area contributed by atoms with E-state index in [0.29, 0.717) is 11.1 Å². The van der Waals surface area contributed by atoms with E-state index in [2.05, 4.69) is 12.2 Å². The third-order valence-electron chi connectivity index (χ3n) is 4.45. The third-order valence-corrected chi connectivity index (χ3v) is 4.45. The number of anilines is 1. The fraction of sp³-hybridized carbons (Fsp3) is 0.318. The first-order chi connectivity index (χ1) is 14.3. The molecule has 0 aliphatic carbocycles. The van der Waals surface area contributed by atoms with E-state index in [1.165, 1.54) is 12.1 Å². The normalized spacial score (nSPS) is 10.3. The van der Waals surface area contributed by atoms with Crippen LogP contribution in [0.15, 0.2) is 42.5 Å². The largest absolute Gasteiger partial charge is 0.456 e. The zero-order valence-corrected chi connectivity index (χ0v) is 17.0. The highest BCUT2D eigenvalue weighted by atomic mass is 16.6. The number of carbonyl (C=O) groups excluding carboxylic acids is 3. The van der Waals surface area contributed by atoms with Crippen molar-refractivity contribution in [3.8, 4) is 0 Å². The minimum absolute atomic E-state index is 0.0309. The van der Waals surface area contributed by atoms with Gasteiger partial charge in [-0.25, -0.2) is 0 Å². The molecule has 0 atom stereocenters. The fourth-order valence-electron chi connectivity index (χ4n) is 2.87. The fourth-order valence-corrected chi connectivity index (χ4v) is 2.87. The summed E-state index contributed by atoms with van der Waals surface area (Å²) in [6.45, 7) is 3.10. The van der Waals surface area contributed by atoms with Gasteiger partial charge in [-0.15, -0.1) is 0 Å². The van der Waals surface area contributed by atoms with Gasteiger partial charge < -0.3 is 10.1 Å². The van der Waals surface area contributed by atoms with Crippen molar-refractivity contribution in [2.75, 3.05) is 11.9 Å². The maximum Gasteiger partial charge on any atom is 0.306 e. The molecule has 0 aromatic heterocycles. The van der Waals surface area contributed by atoms with E-state index in [1.807, 2.05) is 12.1 Å². The highest BCUT2D eigenvalue weighted by molar-refractivity contribution is 5.98. The lowest BCUT2D eigenvalue weighted by Crippen LogP contribution is -2.22. The van der Waals surface area contributed by atoms with E-state index in [9.17, 15) is 24.5 Å². The van der Waals surface area contributed by atoms with Gasteiger partial charge in [0, 0.05) is 18.1 Å². The molecule has 0 heterocycles. The SMILES string of the molecule is CCCc1ccc(C(=O)CCC(=O)OCC(=O)Nc2c(C)cccc2[N+](=O)[O-])cc1. The smallest absolute Gasteiger partial charge is 0.306 e. The summed E-state index contributed by atoms with van der Waals surface area (Å²) in [5.41, 5.74) is 2.00. The summed E-state index contributed by atoms with van der Waals surface area (Å²) < 4.78 is 4.88. The summed E-state index contributed by atoms with van der Waals surface area (Å²) in [6.07, 6.45) is 1.77. The maximum absolute atomic E-state index is 12.2. The number of ketones is 1. The number of amides is 1. The standard InChI is InChI=1S/C22H24N2O6/c1-3-5-16-8-10-17(11-9-16)19(25)12-13-21(27)30-14-20(26)23-22-15(2)6-4-7-18(22)24(28)29/h4,6-11H,3,5,12-14H2,1-2H3,(H,23,26). The maximum atomic E-state index is 12.2. The first-order valence-corrected chi connectivity index (χ1v) is 9.63. The van der Waals surface area contributed by atoms with Crippen LogP contribution in [0.4, 0.5) is 11.4 Å². The Hall–Kier alpha value is -3.55. The topological polar surface area (TPSA) is 116 Å². The molecular formula is C22H24N2O6. The average Bonchev–Trinajstić information content (AvgIpc) is 2.72. The summed E-state index contributed by atoms with van der Waals surface area (Å²) >= 11 is 0. The second-order valence-corrected chi connectivity index (χ2v) is 6.81. The number of nitrogens with zero attached hydrogens (tertiary/aromatic N) is 1. The molecule has 1 N–H and O–H groups in total. The van der Waals surface area contributed by atoms with E-state index in [0.717, 1.165) is 18.4 Å². The molecule has 2 rings (SSSR count). The Labute approximate surface area is 174 Å². The van der Waals surface area contributed by atoms with Crippen molar-refractivity contribution in [2.45, 2.75) is 39.5 Å². The predicted octanol–water partition coefficient (Wildman–Crippen LogP) is 4.00. The molecule has 1 amide bonds. The Morgan fingerprint density at radius 2 is 1.77 bits per heavy atom. The van der Waals surface area contributed by atoms with Gasteiger partial charge in [-0.3, -0.25) is 24.5 Å². The molecule has 30 heavy (non-hydrogen) atoms. The number of nitrogens with one attached hydrogen (secondary N) is 1. The molecule has 158 valence electrons. The molecule has 0 spiro atoms. The van der Waals surface area contributed by atoms with E-state index < -0.39 is 23.4 Å². The molecule has 2 aromatic carbocycles. The number of nitro groups is 1. The summed E-state index contributed by atoms with van der Waals surface area (Å²) in [5, 5.41) is 13.5. The first-order valence-electron chi connectivity index (χ1n) is 9.63. The van der Waals surface area contributed by atoms with Crippen molar-refractivity contribution >= 4 is 29.0 Å². The number of nitro benzene ring substituents is 1. The third kappa shape index (κ3) is 6.51. The molecule has 0 fully saturated rings. The Balaban J connectivity index is 1.81. The molecule has 0 aliphatic rings. The van der Waals surface area contributed by atoms with Crippen molar-refractivity contribution in [1.82, 2.24) is 0 Å². The molecule has 8 nitrogen and oxygen atoms in total. The summed E-state index contributed by atoms with van der Waals surface area (Å²) in [5.74, 6) is -1.58. The molecule has 0 radical (unpaired) electrons. The highest BCUT2D eigenvalue weighted by Gasteiger charge is 2.18. The van der Waals surface area contributed by atoms with Crippen LogP contribution in [0.1, 0.15) is 47.7 Å². The molecule has 0 bridgehead atoms. The first kappa shape index (κ1) is 22.7. The van der Waals surface area contributed by atoms with Crippen molar-refractivity contribution < 1.29 is 24.0 Å². The lowest BCUT2D eigenvalue weighted by molar-refractivity contribution is -0.384. The lowest BCUT2D eigenvalue weighted by atomic mass is 10.0. The number of Topliss-reactive ketones (excluding diaryl/α,β-unsaturated/α-hetero) is 1. The number of aryl methyl sites for hydroxylation is 2. The van der Waals surface area contributed by atoms with Crippen molar-refractivity contribution in [2.24, 2.45) is 0 Å². The number of para-hydroxylation sites is 1. The van der Waals surface area contributed by atoms with Gasteiger partial charge in [0.05, 0.1) is 11.3 Å². The highest BCUT2D eigenvalue weighted by Crippen LogP contribution is 2.27. The number of hydrogen-bond acceptors (Lipinski definition) is 6. The molecule has 8 heteroatoms. The van der Waals surface area contributed by atoms with Gasteiger partial charge >= 0.3 is 5.97 Å². The summed E-state index contributed by atoms with van der Waals surface area (Å²) in [4.78, 5) is 46.5. The van der Waals surface area contributed by atoms with Gasteiger partial charge in [-0.1, -0.05) is 49.7 Å².